The predicted molar refractivity (Wildman–Crippen MR) is 96.0 cm³/mol. The van der Waals surface area contributed by atoms with Gasteiger partial charge in [-0.3, -0.25) is 14.3 Å². The van der Waals surface area contributed by atoms with Crippen LogP contribution in [0.2, 0.25) is 0 Å². The van der Waals surface area contributed by atoms with Crippen LogP contribution < -0.4 is 5.32 Å². The third-order valence-corrected chi connectivity index (χ3v) is 4.43. The lowest BCUT2D eigenvalue weighted by molar-refractivity contribution is -0.136. The number of hydrogen-bond acceptors (Lipinski definition) is 3. The number of carbonyl (C=O) groups is 2. The third kappa shape index (κ3) is 4.07. The maximum atomic E-state index is 12.7. The summed E-state index contributed by atoms with van der Waals surface area (Å²) < 4.78 is 1.79. The van der Waals surface area contributed by atoms with Crippen LogP contribution in [0.4, 0.5) is 5.82 Å². The topological polar surface area (TPSA) is 67.2 Å². The van der Waals surface area contributed by atoms with Crippen LogP contribution in [0.15, 0.2) is 42.6 Å². The van der Waals surface area contributed by atoms with Gasteiger partial charge in [-0.05, 0) is 17.9 Å². The first kappa shape index (κ1) is 17.2. The van der Waals surface area contributed by atoms with Crippen molar-refractivity contribution < 1.29 is 9.59 Å². The zero-order valence-corrected chi connectivity index (χ0v) is 14.7. The molecule has 1 aromatic heterocycles. The smallest absolute Gasteiger partial charge is 0.248 e. The Hall–Kier alpha value is -2.63. The Labute approximate surface area is 147 Å². The Morgan fingerprint density at radius 2 is 2.00 bits per heavy atom. The molecule has 1 aliphatic heterocycles. The van der Waals surface area contributed by atoms with Crippen molar-refractivity contribution in [2.45, 2.75) is 39.3 Å². The molecule has 6 nitrogen and oxygen atoms in total. The Bertz CT molecular complexity index is 739. The van der Waals surface area contributed by atoms with E-state index in [4.69, 9.17) is 0 Å². The molecule has 1 atom stereocenters. The molecule has 2 heterocycles. The largest absolute Gasteiger partial charge is 0.330 e. The van der Waals surface area contributed by atoms with E-state index < -0.39 is 6.04 Å². The van der Waals surface area contributed by atoms with E-state index in [-0.39, 0.29) is 17.7 Å². The number of aromatic nitrogens is 2. The van der Waals surface area contributed by atoms with Crippen LogP contribution >= 0.6 is 0 Å². The highest BCUT2D eigenvalue weighted by atomic mass is 16.2. The molecule has 1 aliphatic rings. The number of benzene rings is 1. The van der Waals surface area contributed by atoms with Gasteiger partial charge in [0.05, 0.1) is 6.54 Å². The van der Waals surface area contributed by atoms with Crippen molar-refractivity contribution in [3.8, 4) is 0 Å². The lowest BCUT2D eigenvalue weighted by atomic mass is 10.0. The van der Waals surface area contributed by atoms with E-state index in [2.05, 4.69) is 10.4 Å². The van der Waals surface area contributed by atoms with Crippen molar-refractivity contribution in [3.63, 3.8) is 0 Å². The molecule has 1 fully saturated rings. The van der Waals surface area contributed by atoms with E-state index in [9.17, 15) is 9.59 Å². The molecule has 0 aliphatic carbocycles. The Morgan fingerprint density at radius 3 is 2.64 bits per heavy atom. The molecule has 0 unspecified atom stereocenters. The number of anilines is 1. The predicted octanol–water partition coefficient (Wildman–Crippen LogP) is 2.52. The summed E-state index contributed by atoms with van der Waals surface area (Å²) in [5.74, 6) is 0.449. The summed E-state index contributed by atoms with van der Waals surface area (Å²) in [4.78, 5) is 26.4. The molecule has 6 heteroatoms. The maximum absolute atomic E-state index is 12.7. The second-order valence-corrected chi connectivity index (χ2v) is 6.75. The zero-order chi connectivity index (χ0) is 17.8. The van der Waals surface area contributed by atoms with E-state index in [1.54, 1.807) is 15.6 Å². The van der Waals surface area contributed by atoms with E-state index in [1.165, 1.54) is 0 Å². The molecule has 3 rings (SSSR count). The molecule has 2 aromatic rings. The SMILES string of the molecule is CC(C)[C@H](C(=O)Nc1ccn(Cc2ccccc2)n1)N1CCCC1=O. The summed E-state index contributed by atoms with van der Waals surface area (Å²) >= 11 is 0. The van der Waals surface area contributed by atoms with Crippen molar-refractivity contribution >= 4 is 17.6 Å². The molecular formula is C19H24N4O2. The van der Waals surface area contributed by atoms with Gasteiger partial charge in [0.25, 0.3) is 0 Å². The summed E-state index contributed by atoms with van der Waals surface area (Å²) in [6.07, 6.45) is 3.19. The number of likely N-dealkylation sites (tertiary alicyclic amines) is 1. The van der Waals surface area contributed by atoms with Crippen LogP contribution in [0.25, 0.3) is 0 Å². The second-order valence-electron chi connectivity index (χ2n) is 6.75. The molecule has 0 bridgehead atoms. The molecule has 25 heavy (non-hydrogen) atoms. The summed E-state index contributed by atoms with van der Waals surface area (Å²) in [5.41, 5.74) is 1.14. The first-order valence-corrected chi connectivity index (χ1v) is 8.72. The highest BCUT2D eigenvalue weighted by Crippen LogP contribution is 2.20. The van der Waals surface area contributed by atoms with Crippen molar-refractivity contribution in [2.24, 2.45) is 5.92 Å². The number of nitrogens with one attached hydrogen (secondary N) is 1. The Morgan fingerprint density at radius 1 is 1.24 bits per heavy atom. The van der Waals surface area contributed by atoms with Gasteiger partial charge in [-0.1, -0.05) is 44.2 Å². The highest BCUT2D eigenvalue weighted by molar-refractivity contribution is 5.97. The maximum Gasteiger partial charge on any atom is 0.248 e. The molecule has 1 N–H and O–H groups in total. The molecule has 132 valence electrons. The minimum absolute atomic E-state index is 0.0495. The molecular weight excluding hydrogens is 316 g/mol. The van der Waals surface area contributed by atoms with Crippen LogP contribution in [0.1, 0.15) is 32.3 Å². The van der Waals surface area contributed by atoms with Crippen LogP contribution in [-0.4, -0.2) is 39.1 Å². The Kier molecular flexibility index (Phi) is 5.16. The molecule has 1 aromatic carbocycles. The molecule has 0 saturated carbocycles. The van der Waals surface area contributed by atoms with Crippen LogP contribution in [0.3, 0.4) is 0 Å². The van der Waals surface area contributed by atoms with Crippen molar-refractivity contribution in [3.05, 3.63) is 48.2 Å². The summed E-state index contributed by atoms with van der Waals surface area (Å²) in [7, 11) is 0. The number of carbonyl (C=O) groups excluding carboxylic acids is 2. The van der Waals surface area contributed by atoms with Gasteiger partial charge >= 0.3 is 0 Å². The standard InChI is InChI=1S/C19H24N4O2/c1-14(2)18(23-11-6-9-17(23)24)19(25)20-16-10-12-22(21-16)13-15-7-4-3-5-8-15/h3-5,7-8,10,12,14,18H,6,9,11,13H2,1-2H3,(H,20,21,25)/t18-/m1/s1. The lowest BCUT2D eigenvalue weighted by Gasteiger charge is -2.29. The monoisotopic (exact) mass is 340 g/mol. The number of rotatable bonds is 6. The number of hydrogen-bond donors (Lipinski definition) is 1. The van der Waals surface area contributed by atoms with Crippen molar-refractivity contribution in [1.82, 2.24) is 14.7 Å². The molecule has 2 amide bonds. The average molecular weight is 340 g/mol. The fourth-order valence-electron chi connectivity index (χ4n) is 3.25. The fraction of sp³-hybridized carbons (Fsp3) is 0.421. The third-order valence-electron chi connectivity index (χ3n) is 4.43. The highest BCUT2D eigenvalue weighted by Gasteiger charge is 2.35. The average Bonchev–Trinajstić information content (AvgIpc) is 3.18. The van der Waals surface area contributed by atoms with Crippen molar-refractivity contribution in [2.75, 3.05) is 11.9 Å². The van der Waals surface area contributed by atoms with Gasteiger partial charge in [0.2, 0.25) is 11.8 Å². The summed E-state index contributed by atoms with van der Waals surface area (Å²) in [5, 5.41) is 7.28. The second kappa shape index (κ2) is 7.51. The van der Waals surface area contributed by atoms with E-state index in [0.29, 0.717) is 25.3 Å². The normalized spacial score (nSPS) is 15.6. The van der Waals surface area contributed by atoms with Gasteiger partial charge in [-0.2, -0.15) is 5.10 Å². The lowest BCUT2D eigenvalue weighted by Crippen LogP contribution is -2.48. The van der Waals surface area contributed by atoms with E-state index in [0.717, 1.165) is 12.0 Å². The van der Waals surface area contributed by atoms with Crippen LogP contribution in [0, 0.1) is 5.92 Å². The molecule has 0 radical (unpaired) electrons. The molecule has 0 spiro atoms. The minimum Gasteiger partial charge on any atom is -0.330 e. The summed E-state index contributed by atoms with van der Waals surface area (Å²) in [6, 6.07) is 11.4. The van der Waals surface area contributed by atoms with Gasteiger partial charge < -0.3 is 10.2 Å². The quantitative estimate of drug-likeness (QED) is 0.879. The first-order chi connectivity index (χ1) is 12.0. The fourth-order valence-corrected chi connectivity index (χ4v) is 3.25. The first-order valence-electron chi connectivity index (χ1n) is 8.72. The van der Waals surface area contributed by atoms with Gasteiger partial charge in [-0.15, -0.1) is 0 Å². The van der Waals surface area contributed by atoms with Crippen LogP contribution in [0.5, 0.6) is 0 Å². The van der Waals surface area contributed by atoms with Crippen LogP contribution in [-0.2, 0) is 16.1 Å². The van der Waals surface area contributed by atoms with E-state index in [1.807, 2.05) is 50.4 Å². The zero-order valence-electron chi connectivity index (χ0n) is 14.7. The van der Waals surface area contributed by atoms with Gasteiger partial charge in [0.15, 0.2) is 5.82 Å². The Balaban J connectivity index is 1.66. The van der Waals surface area contributed by atoms with E-state index >= 15 is 0 Å². The molecule has 1 saturated heterocycles. The van der Waals surface area contributed by atoms with Crippen molar-refractivity contribution in [1.29, 1.82) is 0 Å². The van der Waals surface area contributed by atoms with Gasteiger partial charge in [-0.25, -0.2) is 0 Å². The van der Waals surface area contributed by atoms with Gasteiger partial charge in [0, 0.05) is 25.2 Å². The minimum atomic E-state index is -0.450. The van der Waals surface area contributed by atoms with Gasteiger partial charge in [0.1, 0.15) is 6.04 Å². The number of nitrogens with zero attached hydrogens (tertiary/aromatic N) is 3. The summed E-state index contributed by atoms with van der Waals surface area (Å²) in [6.45, 7) is 5.22. The number of amides is 2.